The topological polar surface area (TPSA) is 72.0 Å². The maximum absolute atomic E-state index is 5.52. The summed E-state index contributed by atoms with van der Waals surface area (Å²) in [4.78, 5) is 12.9. The van der Waals surface area contributed by atoms with Gasteiger partial charge < -0.3 is 15.4 Å². The van der Waals surface area contributed by atoms with Crippen LogP contribution in [0.3, 0.4) is 0 Å². The van der Waals surface area contributed by atoms with E-state index in [9.17, 15) is 0 Å². The molecular formula is C15H27N5O. The van der Waals surface area contributed by atoms with Crippen molar-refractivity contribution in [2.45, 2.75) is 58.4 Å². The summed E-state index contributed by atoms with van der Waals surface area (Å²) in [7, 11) is 1.80. The molecule has 0 amide bonds. The second kappa shape index (κ2) is 8.00. The fourth-order valence-corrected chi connectivity index (χ4v) is 2.75. The number of anilines is 2. The Labute approximate surface area is 127 Å². The van der Waals surface area contributed by atoms with E-state index >= 15 is 0 Å². The number of nitrogens with zero attached hydrogens (tertiary/aromatic N) is 3. The van der Waals surface area contributed by atoms with Crippen LogP contribution in [0.1, 0.15) is 52.4 Å². The Balaban J connectivity index is 2.03. The molecule has 21 heavy (non-hydrogen) atoms. The van der Waals surface area contributed by atoms with E-state index < -0.39 is 0 Å². The average molecular weight is 293 g/mol. The summed E-state index contributed by atoms with van der Waals surface area (Å²) in [5.74, 6) is 1.83. The predicted molar refractivity (Wildman–Crippen MR) is 84.8 cm³/mol. The van der Waals surface area contributed by atoms with E-state index in [0.29, 0.717) is 36.5 Å². The second-order valence-electron chi connectivity index (χ2n) is 5.69. The third-order valence-electron chi connectivity index (χ3n) is 3.99. The molecule has 0 radical (unpaired) electrons. The van der Waals surface area contributed by atoms with Crippen LogP contribution in [0.2, 0.25) is 0 Å². The average Bonchev–Trinajstić information content (AvgIpc) is 2.53. The normalized spacial score (nSPS) is 17.3. The van der Waals surface area contributed by atoms with E-state index in [2.05, 4.69) is 39.4 Å². The van der Waals surface area contributed by atoms with Gasteiger partial charge in [-0.05, 0) is 32.1 Å². The minimum Gasteiger partial charge on any atom is -0.463 e. The first kappa shape index (κ1) is 15.8. The van der Waals surface area contributed by atoms with Crippen molar-refractivity contribution in [3.63, 3.8) is 0 Å². The zero-order valence-corrected chi connectivity index (χ0v) is 13.4. The molecule has 0 aromatic carbocycles. The van der Waals surface area contributed by atoms with Gasteiger partial charge in [0, 0.05) is 13.1 Å². The van der Waals surface area contributed by atoms with Crippen molar-refractivity contribution >= 4 is 11.9 Å². The van der Waals surface area contributed by atoms with Crippen LogP contribution >= 0.6 is 0 Å². The molecule has 1 atom stereocenters. The van der Waals surface area contributed by atoms with Gasteiger partial charge in [0.15, 0.2) is 0 Å². The zero-order chi connectivity index (χ0) is 15.1. The lowest BCUT2D eigenvalue weighted by Gasteiger charge is -2.28. The van der Waals surface area contributed by atoms with Crippen LogP contribution in [0.4, 0.5) is 11.9 Å². The highest BCUT2D eigenvalue weighted by Gasteiger charge is 2.21. The monoisotopic (exact) mass is 293 g/mol. The van der Waals surface area contributed by atoms with E-state index in [1.54, 1.807) is 7.05 Å². The maximum atomic E-state index is 5.52. The number of ether oxygens (including phenoxy) is 1. The molecule has 6 heteroatoms. The molecule has 118 valence electrons. The maximum Gasteiger partial charge on any atom is 0.323 e. The summed E-state index contributed by atoms with van der Waals surface area (Å²) in [5, 5.41) is 6.38. The van der Waals surface area contributed by atoms with Gasteiger partial charge in [-0.25, -0.2) is 0 Å². The van der Waals surface area contributed by atoms with E-state index in [0.717, 1.165) is 6.42 Å². The number of rotatable bonds is 7. The van der Waals surface area contributed by atoms with Gasteiger partial charge in [-0.2, -0.15) is 15.0 Å². The number of hydrogen-bond acceptors (Lipinski definition) is 6. The molecule has 1 saturated carbocycles. The third kappa shape index (κ3) is 4.72. The van der Waals surface area contributed by atoms with Gasteiger partial charge >= 0.3 is 6.01 Å². The summed E-state index contributed by atoms with van der Waals surface area (Å²) < 4.78 is 5.52. The molecule has 2 N–H and O–H groups in total. The summed E-state index contributed by atoms with van der Waals surface area (Å²) >= 11 is 0. The minimum atomic E-state index is 0.372. The predicted octanol–water partition coefficient (Wildman–Crippen LogP) is 3.08. The standard InChI is InChI=1S/C15H27N5O/c1-4-10-21-15-19-13(16-3)18-14(20-15)17-11(2)12-8-6-5-7-9-12/h11-12H,4-10H2,1-3H3,(H2,16,17,18,19,20). The van der Waals surface area contributed by atoms with Crippen molar-refractivity contribution in [2.75, 3.05) is 24.3 Å². The van der Waals surface area contributed by atoms with E-state index in [1.807, 2.05) is 0 Å². The van der Waals surface area contributed by atoms with Crippen LogP contribution in [0.15, 0.2) is 0 Å². The lowest BCUT2D eigenvalue weighted by atomic mass is 9.85. The highest BCUT2D eigenvalue weighted by Crippen LogP contribution is 2.27. The molecule has 1 aromatic rings. The van der Waals surface area contributed by atoms with Crippen LogP contribution in [-0.2, 0) is 0 Å². The fraction of sp³-hybridized carbons (Fsp3) is 0.800. The SMILES string of the molecule is CCCOc1nc(NC)nc(NC(C)C2CCCCC2)n1. The van der Waals surface area contributed by atoms with Gasteiger partial charge in [-0.3, -0.25) is 0 Å². The molecule has 1 aliphatic rings. The van der Waals surface area contributed by atoms with Crippen LogP contribution in [-0.4, -0.2) is 34.6 Å². The first-order valence-electron chi connectivity index (χ1n) is 8.06. The quantitative estimate of drug-likeness (QED) is 0.805. The van der Waals surface area contributed by atoms with Gasteiger partial charge in [0.25, 0.3) is 0 Å². The molecule has 0 bridgehead atoms. The Morgan fingerprint density at radius 2 is 1.86 bits per heavy atom. The highest BCUT2D eigenvalue weighted by atomic mass is 16.5. The van der Waals surface area contributed by atoms with Gasteiger partial charge in [0.1, 0.15) is 0 Å². The van der Waals surface area contributed by atoms with Gasteiger partial charge in [0.05, 0.1) is 6.61 Å². The van der Waals surface area contributed by atoms with Crippen LogP contribution < -0.4 is 15.4 Å². The Bertz CT molecular complexity index is 434. The van der Waals surface area contributed by atoms with Gasteiger partial charge in [-0.1, -0.05) is 26.2 Å². The van der Waals surface area contributed by atoms with E-state index in [-0.39, 0.29) is 0 Å². The second-order valence-corrected chi connectivity index (χ2v) is 5.69. The Hall–Kier alpha value is -1.59. The van der Waals surface area contributed by atoms with Crippen LogP contribution in [0, 0.1) is 5.92 Å². The van der Waals surface area contributed by atoms with E-state index in [1.165, 1.54) is 32.1 Å². The van der Waals surface area contributed by atoms with Gasteiger partial charge in [0.2, 0.25) is 11.9 Å². The smallest absolute Gasteiger partial charge is 0.323 e. The Morgan fingerprint density at radius 1 is 1.14 bits per heavy atom. The molecule has 1 heterocycles. The summed E-state index contributed by atoms with van der Waals surface area (Å²) in [6.45, 7) is 4.89. The van der Waals surface area contributed by atoms with Crippen molar-refractivity contribution in [3.05, 3.63) is 0 Å². The number of nitrogens with one attached hydrogen (secondary N) is 2. The molecule has 0 aliphatic heterocycles. The molecule has 1 unspecified atom stereocenters. The highest BCUT2D eigenvalue weighted by molar-refractivity contribution is 5.36. The van der Waals surface area contributed by atoms with Crippen molar-refractivity contribution < 1.29 is 4.74 Å². The van der Waals surface area contributed by atoms with Crippen molar-refractivity contribution in [1.29, 1.82) is 0 Å². The molecule has 6 nitrogen and oxygen atoms in total. The lowest BCUT2D eigenvalue weighted by Crippen LogP contribution is -2.28. The van der Waals surface area contributed by atoms with Crippen molar-refractivity contribution in [3.8, 4) is 6.01 Å². The third-order valence-corrected chi connectivity index (χ3v) is 3.99. The fourth-order valence-electron chi connectivity index (χ4n) is 2.75. The molecule has 1 aromatic heterocycles. The molecule has 2 rings (SSSR count). The summed E-state index contributed by atoms with van der Waals surface area (Å²) in [5.41, 5.74) is 0. The Morgan fingerprint density at radius 3 is 2.52 bits per heavy atom. The molecule has 1 fully saturated rings. The van der Waals surface area contributed by atoms with Crippen LogP contribution in [0.5, 0.6) is 6.01 Å². The Kier molecular flexibility index (Phi) is 6.02. The number of hydrogen-bond donors (Lipinski definition) is 2. The molecular weight excluding hydrogens is 266 g/mol. The lowest BCUT2D eigenvalue weighted by molar-refractivity contribution is 0.291. The largest absolute Gasteiger partial charge is 0.463 e. The molecule has 1 aliphatic carbocycles. The molecule has 0 saturated heterocycles. The number of aromatic nitrogens is 3. The zero-order valence-electron chi connectivity index (χ0n) is 13.4. The van der Waals surface area contributed by atoms with E-state index in [4.69, 9.17) is 4.74 Å². The van der Waals surface area contributed by atoms with Gasteiger partial charge in [-0.15, -0.1) is 0 Å². The van der Waals surface area contributed by atoms with Crippen molar-refractivity contribution in [1.82, 2.24) is 15.0 Å². The first-order chi connectivity index (χ1) is 10.2. The van der Waals surface area contributed by atoms with Crippen molar-refractivity contribution in [2.24, 2.45) is 5.92 Å². The summed E-state index contributed by atoms with van der Waals surface area (Å²) in [6.07, 6.45) is 7.55. The first-order valence-corrected chi connectivity index (χ1v) is 8.06. The minimum absolute atomic E-state index is 0.372. The summed E-state index contributed by atoms with van der Waals surface area (Å²) in [6, 6.07) is 0.756. The molecule has 0 spiro atoms. The van der Waals surface area contributed by atoms with Crippen LogP contribution in [0.25, 0.3) is 0 Å².